The highest BCUT2D eigenvalue weighted by molar-refractivity contribution is 5.89. The Morgan fingerprint density at radius 2 is 1.96 bits per heavy atom. The van der Waals surface area contributed by atoms with Crippen molar-refractivity contribution in [2.75, 3.05) is 7.11 Å². The first kappa shape index (κ1) is 14.8. The van der Waals surface area contributed by atoms with Gasteiger partial charge in [0.25, 0.3) is 0 Å². The number of rotatable bonds is 5. The highest BCUT2D eigenvalue weighted by Crippen LogP contribution is 2.13. The number of hydrogen-bond acceptors (Lipinski definition) is 5. The number of ether oxygens (including phenoxy) is 2. The number of benzene rings is 2. The first-order chi connectivity index (χ1) is 11.3. The van der Waals surface area contributed by atoms with Gasteiger partial charge in [-0.15, -0.1) is 5.10 Å². The molecule has 0 bridgehead atoms. The predicted octanol–water partition coefficient (Wildman–Crippen LogP) is 2.63. The van der Waals surface area contributed by atoms with Gasteiger partial charge in [-0.05, 0) is 30.3 Å². The maximum absolute atomic E-state index is 11.6. The highest BCUT2D eigenvalue weighted by atomic mass is 16.5. The molecule has 2 aromatic carbocycles. The fraction of sp³-hybridized carbons (Fsp3) is 0.118. The van der Waals surface area contributed by atoms with E-state index in [4.69, 9.17) is 9.47 Å². The second-order valence-corrected chi connectivity index (χ2v) is 4.80. The lowest BCUT2D eigenvalue weighted by Gasteiger charge is -2.03. The lowest BCUT2D eigenvalue weighted by molar-refractivity contribution is 0.0600. The van der Waals surface area contributed by atoms with Gasteiger partial charge in [0, 0.05) is 0 Å². The fourth-order valence-corrected chi connectivity index (χ4v) is 2.06. The van der Waals surface area contributed by atoms with Crippen LogP contribution < -0.4 is 4.74 Å². The molecule has 0 radical (unpaired) electrons. The minimum atomic E-state index is -0.389. The van der Waals surface area contributed by atoms with Crippen LogP contribution in [0, 0.1) is 0 Å². The Bertz CT molecular complexity index is 800. The van der Waals surface area contributed by atoms with Crippen LogP contribution in [0.15, 0.2) is 60.8 Å². The summed E-state index contributed by atoms with van der Waals surface area (Å²) in [6, 6.07) is 16.5. The minimum absolute atomic E-state index is 0.320. The van der Waals surface area contributed by atoms with Crippen molar-refractivity contribution < 1.29 is 14.3 Å². The van der Waals surface area contributed by atoms with Crippen molar-refractivity contribution in [3.8, 4) is 11.4 Å². The second kappa shape index (κ2) is 6.74. The summed E-state index contributed by atoms with van der Waals surface area (Å²) in [5, 5.41) is 8.13. The zero-order valence-corrected chi connectivity index (χ0v) is 12.5. The topological polar surface area (TPSA) is 66.2 Å². The monoisotopic (exact) mass is 309 g/mol. The molecule has 6 heteroatoms. The van der Waals surface area contributed by atoms with Crippen LogP contribution in [-0.2, 0) is 11.3 Å². The highest BCUT2D eigenvalue weighted by Gasteiger charge is 2.08. The summed E-state index contributed by atoms with van der Waals surface area (Å²) >= 11 is 0. The van der Waals surface area contributed by atoms with E-state index in [1.165, 1.54) is 7.11 Å². The molecular formula is C17H15N3O3. The molecule has 0 saturated carbocycles. The van der Waals surface area contributed by atoms with Crippen molar-refractivity contribution in [3.63, 3.8) is 0 Å². The zero-order chi connectivity index (χ0) is 16.1. The first-order valence-corrected chi connectivity index (χ1v) is 7.04. The number of carbonyl (C=O) groups is 1. The van der Waals surface area contributed by atoms with Crippen LogP contribution >= 0.6 is 0 Å². The smallest absolute Gasteiger partial charge is 0.337 e. The van der Waals surface area contributed by atoms with Crippen molar-refractivity contribution in [2.24, 2.45) is 0 Å². The molecule has 0 amide bonds. The number of methoxy groups -OCH3 is 1. The molecule has 23 heavy (non-hydrogen) atoms. The Hall–Kier alpha value is -3.15. The molecule has 3 rings (SSSR count). The first-order valence-electron chi connectivity index (χ1n) is 7.04. The summed E-state index contributed by atoms with van der Waals surface area (Å²) in [7, 11) is 1.35. The maximum atomic E-state index is 11.6. The van der Waals surface area contributed by atoms with Crippen LogP contribution in [0.25, 0.3) is 5.69 Å². The van der Waals surface area contributed by atoms with E-state index in [2.05, 4.69) is 10.3 Å². The Morgan fingerprint density at radius 3 is 2.74 bits per heavy atom. The lowest BCUT2D eigenvalue weighted by Crippen LogP contribution is -2.03. The van der Waals surface area contributed by atoms with Crippen molar-refractivity contribution in [2.45, 2.75) is 6.61 Å². The summed E-state index contributed by atoms with van der Waals surface area (Å²) in [6.45, 7) is 0.320. The van der Waals surface area contributed by atoms with Gasteiger partial charge < -0.3 is 9.47 Å². The van der Waals surface area contributed by atoms with Gasteiger partial charge in [-0.1, -0.05) is 29.5 Å². The molecule has 1 heterocycles. The summed E-state index contributed by atoms with van der Waals surface area (Å²) in [5.74, 6) is 0.384. The molecule has 0 aliphatic carbocycles. The molecule has 0 aliphatic heterocycles. The van der Waals surface area contributed by atoms with Gasteiger partial charge in [-0.3, -0.25) is 0 Å². The number of hydrogen-bond donors (Lipinski definition) is 0. The van der Waals surface area contributed by atoms with Gasteiger partial charge in [0.2, 0.25) is 0 Å². The Kier molecular flexibility index (Phi) is 4.33. The van der Waals surface area contributed by atoms with Gasteiger partial charge in [0.1, 0.15) is 18.1 Å². The predicted molar refractivity (Wildman–Crippen MR) is 83.5 cm³/mol. The van der Waals surface area contributed by atoms with E-state index in [9.17, 15) is 4.79 Å². The third kappa shape index (κ3) is 3.55. The molecular weight excluding hydrogens is 294 g/mol. The van der Waals surface area contributed by atoms with Crippen LogP contribution in [0.3, 0.4) is 0 Å². The van der Waals surface area contributed by atoms with Crippen molar-refractivity contribution in [1.82, 2.24) is 15.0 Å². The summed E-state index contributed by atoms with van der Waals surface area (Å²) in [6.07, 6.45) is 1.76. The Balaban J connectivity index is 1.73. The number of aromatic nitrogens is 3. The van der Waals surface area contributed by atoms with E-state index < -0.39 is 0 Å². The molecule has 0 N–H and O–H groups in total. The minimum Gasteiger partial charge on any atom is -0.487 e. The van der Waals surface area contributed by atoms with Crippen LogP contribution in [-0.4, -0.2) is 28.1 Å². The lowest BCUT2D eigenvalue weighted by atomic mass is 10.2. The number of nitrogens with zero attached hydrogens (tertiary/aromatic N) is 3. The molecule has 0 fully saturated rings. The van der Waals surface area contributed by atoms with Crippen LogP contribution in [0.2, 0.25) is 0 Å². The Labute approximate surface area is 133 Å². The largest absolute Gasteiger partial charge is 0.487 e. The van der Waals surface area contributed by atoms with Gasteiger partial charge in [-0.2, -0.15) is 0 Å². The molecule has 0 atom stereocenters. The van der Waals surface area contributed by atoms with Gasteiger partial charge >= 0.3 is 5.97 Å². The van der Waals surface area contributed by atoms with Crippen molar-refractivity contribution in [1.29, 1.82) is 0 Å². The quantitative estimate of drug-likeness (QED) is 0.678. The molecule has 116 valence electrons. The van der Waals surface area contributed by atoms with Crippen LogP contribution in [0.5, 0.6) is 5.75 Å². The van der Waals surface area contributed by atoms with E-state index in [0.29, 0.717) is 17.9 Å². The van der Waals surface area contributed by atoms with E-state index in [1.807, 2.05) is 36.4 Å². The third-order valence-electron chi connectivity index (χ3n) is 3.20. The molecule has 0 saturated heterocycles. The maximum Gasteiger partial charge on any atom is 0.337 e. The third-order valence-corrected chi connectivity index (χ3v) is 3.20. The summed E-state index contributed by atoms with van der Waals surface area (Å²) < 4.78 is 11.9. The van der Waals surface area contributed by atoms with Gasteiger partial charge in [0.05, 0.1) is 24.6 Å². The van der Waals surface area contributed by atoms with Crippen molar-refractivity contribution >= 4 is 5.97 Å². The zero-order valence-electron chi connectivity index (χ0n) is 12.5. The van der Waals surface area contributed by atoms with E-state index >= 15 is 0 Å². The average Bonchev–Trinajstić information content (AvgIpc) is 3.09. The summed E-state index contributed by atoms with van der Waals surface area (Å²) in [4.78, 5) is 11.6. The Morgan fingerprint density at radius 1 is 1.13 bits per heavy atom. The van der Waals surface area contributed by atoms with Gasteiger partial charge in [0.15, 0.2) is 0 Å². The number of carbonyl (C=O) groups excluding carboxylic acids is 1. The van der Waals surface area contributed by atoms with E-state index in [1.54, 1.807) is 29.1 Å². The average molecular weight is 309 g/mol. The number of esters is 1. The molecule has 1 aromatic heterocycles. The molecule has 0 spiro atoms. The van der Waals surface area contributed by atoms with E-state index in [-0.39, 0.29) is 5.97 Å². The molecule has 0 unspecified atom stereocenters. The van der Waals surface area contributed by atoms with Gasteiger partial charge in [-0.25, -0.2) is 9.48 Å². The van der Waals surface area contributed by atoms with Crippen LogP contribution in [0.1, 0.15) is 16.1 Å². The SMILES string of the molecule is COC(=O)c1cccc(-n2cc(COc3ccccc3)nn2)c1. The molecule has 3 aromatic rings. The van der Waals surface area contributed by atoms with Crippen molar-refractivity contribution in [3.05, 3.63) is 72.1 Å². The van der Waals surface area contributed by atoms with Crippen LogP contribution in [0.4, 0.5) is 0 Å². The normalized spacial score (nSPS) is 10.3. The fourth-order valence-electron chi connectivity index (χ4n) is 2.06. The molecule has 6 nitrogen and oxygen atoms in total. The van der Waals surface area contributed by atoms with E-state index in [0.717, 1.165) is 11.4 Å². The summed E-state index contributed by atoms with van der Waals surface area (Å²) in [5.41, 5.74) is 1.88. The standard InChI is InChI=1S/C17H15N3O3/c1-22-17(21)13-6-5-7-15(10-13)20-11-14(18-19-20)12-23-16-8-3-2-4-9-16/h2-11H,12H2,1H3. The number of para-hydroxylation sites is 1. The second-order valence-electron chi connectivity index (χ2n) is 4.80. The molecule has 0 aliphatic rings.